The molecule has 2 N–H and O–H groups in total. The van der Waals surface area contributed by atoms with Crippen molar-refractivity contribution in [3.63, 3.8) is 0 Å². The number of hydrogen-bond acceptors (Lipinski definition) is 6. The lowest BCUT2D eigenvalue weighted by atomic mass is 10.2. The molecule has 0 unspecified atom stereocenters. The molecule has 8 heteroatoms. The van der Waals surface area contributed by atoms with Crippen molar-refractivity contribution in [2.24, 2.45) is 0 Å². The highest BCUT2D eigenvalue weighted by Crippen LogP contribution is 2.19. The number of aliphatic hydroxyl groups excluding tert-OH is 1. The first kappa shape index (κ1) is 14.9. The average molecular weight is 297 g/mol. The third-order valence-corrected chi connectivity index (χ3v) is 2.55. The number of methoxy groups -OCH3 is 1. The fourth-order valence-electron chi connectivity index (χ4n) is 1.57. The van der Waals surface area contributed by atoms with Crippen LogP contribution >= 0.6 is 0 Å². The normalized spacial score (nSPS) is 10.3. The van der Waals surface area contributed by atoms with Gasteiger partial charge in [0.2, 0.25) is 0 Å². The Kier molecular flexibility index (Phi) is 4.83. The predicted molar refractivity (Wildman–Crippen MR) is 70.0 cm³/mol. The summed E-state index contributed by atoms with van der Waals surface area (Å²) in [7, 11) is 1.37. The topological polar surface area (TPSA) is 76.5 Å². The van der Waals surface area contributed by atoms with Crippen molar-refractivity contribution >= 4 is 5.82 Å². The van der Waals surface area contributed by atoms with E-state index in [0.717, 1.165) is 6.20 Å². The molecule has 0 spiro atoms. The molecule has 1 aromatic heterocycles. The molecule has 0 aliphatic rings. The fraction of sp³-hybridized carbons (Fsp3) is 0.231. The number of nitrogens with zero attached hydrogens (tertiary/aromatic N) is 2. The third kappa shape index (κ3) is 3.76. The van der Waals surface area contributed by atoms with E-state index in [0.29, 0.717) is 5.56 Å². The lowest BCUT2D eigenvalue weighted by molar-refractivity contribution is 0.278. The van der Waals surface area contributed by atoms with Crippen LogP contribution in [0.5, 0.6) is 11.8 Å². The molecule has 2 aromatic rings. The summed E-state index contributed by atoms with van der Waals surface area (Å²) in [4.78, 5) is 7.38. The van der Waals surface area contributed by atoms with Gasteiger partial charge in [-0.3, -0.25) is 0 Å². The molecule has 0 bridgehead atoms. The van der Waals surface area contributed by atoms with E-state index in [9.17, 15) is 8.78 Å². The van der Waals surface area contributed by atoms with Gasteiger partial charge in [0, 0.05) is 0 Å². The highest BCUT2D eigenvalue weighted by atomic mass is 19.1. The Morgan fingerprint density at radius 1 is 1.29 bits per heavy atom. The monoisotopic (exact) mass is 297 g/mol. The second kappa shape index (κ2) is 6.80. The number of aromatic nitrogens is 2. The maximum Gasteiger partial charge on any atom is 0.318 e. The molecular weight excluding hydrogens is 284 g/mol. The first-order valence-electron chi connectivity index (χ1n) is 5.96. The van der Waals surface area contributed by atoms with Gasteiger partial charge in [0.15, 0.2) is 23.2 Å². The molecule has 0 amide bonds. The van der Waals surface area contributed by atoms with Crippen molar-refractivity contribution in [2.75, 3.05) is 19.2 Å². The van der Waals surface area contributed by atoms with Gasteiger partial charge in [-0.05, 0) is 17.7 Å². The van der Waals surface area contributed by atoms with Gasteiger partial charge in [0.25, 0.3) is 0 Å². The number of anilines is 1. The van der Waals surface area contributed by atoms with Gasteiger partial charge < -0.3 is 19.9 Å². The maximum atomic E-state index is 13.5. The van der Waals surface area contributed by atoms with E-state index < -0.39 is 18.4 Å². The van der Waals surface area contributed by atoms with Gasteiger partial charge in [-0.1, -0.05) is 6.07 Å². The number of benzene rings is 1. The highest BCUT2D eigenvalue weighted by Gasteiger charge is 2.08. The minimum Gasteiger partial charge on any atom is -0.494 e. The van der Waals surface area contributed by atoms with E-state index in [1.807, 2.05) is 0 Å². The molecule has 0 atom stereocenters. The molecule has 21 heavy (non-hydrogen) atoms. The van der Waals surface area contributed by atoms with Gasteiger partial charge in [-0.25, -0.2) is 13.8 Å². The summed E-state index contributed by atoms with van der Waals surface area (Å²) in [5.74, 6) is -1.28. The SMILES string of the molecule is COc1ccc(COc2ncc(F)c(NCO)n2)cc1F. The Labute approximate surface area is 119 Å². The third-order valence-electron chi connectivity index (χ3n) is 2.55. The molecule has 0 saturated heterocycles. The smallest absolute Gasteiger partial charge is 0.318 e. The maximum absolute atomic E-state index is 13.5. The van der Waals surface area contributed by atoms with Gasteiger partial charge in [-0.2, -0.15) is 4.98 Å². The van der Waals surface area contributed by atoms with E-state index >= 15 is 0 Å². The van der Waals surface area contributed by atoms with E-state index in [4.69, 9.17) is 14.6 Å². The molecule has 2 rings (SSSR count). The van der Waals surface area contributed by atoms with Crippen LogP contribution in [0.3, 0.4) is 0 Å². The van der Waals surface area contributed by atoms with Crippen molar-refractivity contribution in [1.82, 2.24) is 9.97 Å². The number of hydrogen-bond donors (Lipinski definition) is 2. The second-order valence-electron chi connectivity index (χ2n) is 3.94. The molecule has 0 aliphatic carbocycles. The van der Waals surface area contributed by atoms with Crippen molar-refractivity contribution in [1.29, 1.82) is 0 Å². The van der Waals surface area contributed by atoms with Crippen molar-refractivity contribution < 1.29 is 23.4 Å². The first-order valence-corrected chi connectivity index (χ1v) is 5.96. The number of nitrogens with one attached hydrogen (secondary N) is 1. The van der Waals surface area contributed by atoms with E-state index in [2.05, 4.69) is 15.3 Å². The summed E-state index contributed by atoms with van der Waals surface area (Å²) in [6.45, 7) is -0.470. The number of rotatable bonds is 6. The molecule has 6 nitrogen and oxygen atoms in total. The molecule has 1 heterocycles. The Balaban J connectivity index is 2.06. The summed E-state index contributed by atoms with van der Waals surface area (Å²) in [5.41, 5.74) is 0.540. The zero-order valence-electron chi connectivity index (χ0n) is 11.1. The lowest BCUT2D eigenvalue weighted by Gasteiger charge is -2.08. The lowest BCUT2D eigenvalue weighted by Crippen LogP contribution is -2.07. The quantitative estimate of drug-likeness (QED) is 0.790. The van der Waals surface area contributed by atoms with Crippen molar-refractivity contribution in [3.05, 3.63) is 41.6 Å². The standard InChI is InChI=1S/C13H13F2N3O3/c1-20-11-3-2-8(4-9(11)14)6-21-13-16-5-10(15)12(18-13)17-7-19/h2-5,19H,6-7H2,1H3,(H,16,17,18). The molecule has 1 aromatic carbocycles. The second-order valence-corrected chi connectivity index (χ2v) is 3.94. The summed E-state index contributed by atoms with van der Waals surface area (Å²) < 4.78 is 36.8. The van der Waals surface area contributed by atoms with Crippen LogP contribution in [0.25, 0.3) is 0 Å². The number of ether oxygens (including phenoxy) is 2. The summed E-state index contributed by atoms with van der Waals surface area (Å²) in [6.07, 6.45) is 0.912. The molecule has 0 fully saturated rings. The van der Waals surface area contributed by atoms with E-state index in [-0.39, 0.29) is 24.2 Å². The van der Waals surface area contributed by atoms with E-state index in [1.165, 1.54) is 19.2 Å². The molecular formula is C13H13F2N3O3. The average Bonchev–Trinajstić information content (AvgIpc) is 2.48. The van der Waals surface area contributed by atoms with E-state index in [1.54, 1.807) is 6.07 Å². The summed E-state index contributed by atoms with van der Waals surface area (Å²) in [6, 6.07) is 4.26. The van der Waals surface area contributed by atoms with Crippen LogP contribution in [0, 0.1) is 11.6 Å². The zero-order chi connectivity index (χ0) is 15.2. The largest absolute Gasteiger partial charge is 0.494 e. The van der Waals surface area contributed by atoms with Gasteiger partial charge in [0.05, 0.1) is 13.3 Å². The first-order chi connectivity index (χ1) is 10.1. The molecule has 0 aliphatic heterocycles. The minimum atomic E-state index is -0.716. The van der Waals surface area contributed by atoms with Gasteiger partial charge >= 0.3 is 6.01 Å². The molecule has 0 radical (unpaired) electrons. The van der Waals surface area contributed by atoms with Crippen molar-refractivity contribution in [2.45, 2.75) is 6.61 Å². The Bertz CT molecular complexity index is 626. The fourth-order valence-corrected chi connectivity index (χ4v) is 1.57. The van der Waals surface area contributed by atoms with Crippen LogP contribution in [-0.2, 0) is 6.61 Å². The van der Waals surface area contributed by atoms with Gasteiger partial charge in [0.1, 0.15) is 13.3 Å². The minimum absolute atomic E-state index is 0.00507. The zero-order valence-corrected chi connectivity index (χ0v) is 11.1. The van der Waals surface area contributed by atoms with Crippen molar-refractivity contribution in [3.8, 4) is 11.8 Å². The van der Waals surface area contributed by atoms with Crippen LogP contribution in [0.4, 0.5) is 14.6 Å². The van der Waals surface area contributed by atoms with Crippen LogP contribution in [0.2, 0.25) is 0 Å². The predicted octanol–water partition coefficient (Wildman–Crippen LogP) is 1.70. The Morgan fingerprint density at radius 3 is 2.76 bits per heavy atom. The van der Waals surface area contributed by atoms with Crippen LogP contribution < -0.4 is 14.8 Å². The Morgan fingerprint density at radius 2 is 2.10 bits per heavy atom. The number of halogens is 2. The summed E-state index contributed by atoms with van der Waals surface area (Å²) in [5, 5.41) is 11.0. The summed E-state index contributed by atoms with van der Waals surface area (Å²) >= 11 is 0. The Hall–Kier alpha value is -2.48. The van der Waals surface area contributed by atoms with Crippen LogP contribution in [0.1, 0.15) is 5.56 Å². The highest BCUT2D eigenvalue weighted by molar-refractivity contribution is 5.35. The molecule has 112 valence electrons. The van der Waals surface area contributed by atoms with Crippen LogP contribution in [0.15, 0.2) is 24.4 Å². The number of aliphatic hydroxyl groups is 1. The molecule has 0 saturated carbocycles. The van der Waals surface area contributed by atoms with Gasteiger partial charge in [-0.15, -0.1) is 0 Å². The van der Waals surface area contributed by atoms with Crippen LogP contribution in [-0.4, -0.2) is 28.9 Å².